The first kappa shape index (κ1) is 7.15. The lowest BCUT2D eigenvalue weighted by Crippen LogP contribution is -1.90. The van der Waals surface area contributed by atoms with Gasteiger partial charge in [-0.05, 0) is 31.8 Å². The number of hydrogen-bond acceptors (Lipinski definition) is 1. The maximum atomic E-state index is 10.4. The number of allylic oxidation sites excluding steroid dienone is 3. The first-order valence-electron chi connectivity index (χ1n) is 2.32. The fourth-order valence-corrected chi connectivity index (χ4v) is 1.99. The van der Waals surface area contributed by atoms with Gasteiger partial charge in [0.05, 0.1) is 0 Å². The molecule has 3 heteroatoms. The van der Waals surface area contributed by atoms with E-state index in [0.29, 0.717) is 5.57 Å². The van der Waals surface area contributed by atoms with Gasteiger partial charge in [0, 0.05) is 5.57 Å². The lowest BCUT2D eigenvalue weighted by Gasteiger charge is -1.92. The van der Waals surface area contributed by atoms with Gasteiger partial charge in [0.2, 0.25) is 0 Å². The summed E-state index contributed by atoms with van der Waals surface area (Å²) in [6.45, 7) is 0. The van der Waals surface area contributed by atoms with E-state index in [-0.39, 0.29) is 26.0 Å². The fourth-order valence-electron chi connectivity index (χ4n) is 0.437. The molecule has 0 aromatic carbocycles. The van der Waals surface area contributed by atoms with Crippen molar-refractivity contribution in [1.29, 1.82) is 0 Å². The van der Waals surface area contributed by atoms with Gasteiger partial charge in [-0.2, -0.15) is 0 Å². The molecule has 0 aromatic heterocycles. The average Bonchev–Trinajstić information content (AvgIpc) is 1.90. The van der Waals surface area contributed by atoms with Crippen LogP contribution in [0, 0.1) is 0 Å². The van der Waals surface area contributed by atoms with Crippen LogP contribution in [0.2, 0.25) is 0 Å². The van der Waals surface area contributed by atoms with Crippen molar-refractivity contribution < 1.29 is 4.79 Å². The summed E-state index contributed by atoms with van der Waals surface area (Å²) in [4.78, 5) is 10.4. The zero-order valence-corrected chi connectivity index (χ0v) is 7.39. The smallest absolute Gasteiger partial charge is 0.252 e. The molecule has 1 heterocycles. The molecular weight excluding hydrogens is 250 g/mol. The van der Waals surface area contributed by atoms with E-state index in [2.05, 4.69) is 0 Å². The van der Waals surface area contributed by atoms with Crippen molar-refractivity contribution in [3.05, 3.63) is 21.8 Å². The van der Waals surface area contributed by atoms with Crippen LogP contribution < -0.4 is 0 Å². The molecule has 0 atom stereocenters. The second-order valence-electron chi connectivity index (χ2n) is 1.44. The van der Waals surface area contributed by atoms with Crippen molar-refractivity contribution in [2.24, 2.45) is 0 Å². The molecule has 48 valence electrons. The number of rotatable bonds is 1. The molecule has 1 rings (SSSR count). The molecule has 0 spiro atoms. The Morgan fingerprint density at radius 2 is 2.44 bits per heavy atom. The van der Waals surface area contributed by atoms with E-state index in [1.165, 1.54) is 0 Å². The summed E-state index contributed by atoms with van der Waals surface area (Å²) < 4.78 is 4.02. The van der Waals surface area contributed by atoms with E-state index in [4.69, 9.17) is 11.6 Å². The van der Waals surface area contributed by atoms with Crippen LogP contribution in [0.1, 0.15) is 0 Å². The van der Waals surface area contributed by atoms with Crippen LogP contribution >= 0.6 is 32.3 Å². The molecule has 0 fully saturated rings. The summed E-state index contributed by atoms with van der Waals surface area (Å²) in [5.41, 5.74) is 0.600. The van der Waals surface area contributed by atoms with Crippen LogP contribution in [0.5, 0.6) is 0 Å². The van der Waals surface area contributed by atoms with Gasteiger partial charge in [-0.15, -0.1) is 0 Å². The third-order valence-electron chi connectivity index (χ3n) is 0.858. The molecular formula is C6H4ClIO. The second kappa shape index (κ2) is 3.27. The van der Waals surface area contributed by atoms with E-state index in [1.54, 1.807) is 12.2 Å². The molecule has 1 aliphatic heterocycles. The second-order valence-corrected chi connectivity index (χ2v) is 3.94. The number of carbonyl (C=O) groups excluding carboxylic acids is 1. The molecule has 0 radical (unpaired) electrons. The predicted octanol–water partition coefficient (Wildman–Crippen LogP) is 1.98. The molecule has 0 aliphatic carbocycles. The zero-order valence-electron chi connectivity index (χ0n) is 4.47. The maximum Gasteiger partial charge on any atom is 0.252 e. The molecule has 0 N–H and O–H groups in total. The first-order valence-corrected chi connectivity index (χ1v) is 5.19. The molecule has 0 bridgehead atoms. The molecule has 0 unspecified atom stereocenters. The maximum absolute atomic E-state index is 10.4. The van der Waals surface area contributed by atoms with E-state index < -0.39 is 0 Å². The molecule has 1 aliphatic rings. The highest BCUT2D eigenvalue weighted by molar-refractivity contribution is 14.2. The van der Waals surface area contributed by atoms with Gasteiger partial charge in [0.1, 0.15) is 0 Å². The minimum absolute atomic E-state index is 0.0692. The Balaban J connectivity index is 2.84. The summed E-state index contributed by atoms with van der Waals surface area (Å²) in [6, 6.07) is 0. The molecule has 0 amide bonds. The van der Waals surface area contributed by atoms with E-state index in [0.717, 1.165) is 0 Å². The van der Waals surface area contributed by atoms with Gasteiger partial charge < -0.3 is 0 Å². The summed E-state index contributed by atoms with van der Waals surface area (Å²) >= 11 is 5.26. The summed E-state index contributed by atoms with van der Waals surface area (Å²) in [7, 11) is 0. The van der Waals surface area contributed by atoms with Crippen molar-refractivity contribution in [2.75, 3.05) is 0 Å². The molecule has 9 heavy (non-hydrogen) atoms. The number of halogens is 2. The Kier molecular flexibility index (Phi) is 2.60. The van der Waals surface area contributed by atoms with Gasteiger partial charge in [-0.1, -0.05) is 20.7 Å². The Morgan fingerprint density at radius 3 is 2.78 bits per heavy atom. The van der Waals surface area contributed by atoms with Crippen LogP contribution in [0.3, 0.4) is 0 Å². The Hall–Kier alpha value is 0.0400. The van der Waals surface area contributed by atoms with Crippen LogP contribution in [0.15, 0.2) is 21.8 Å². The van der Waals surface area contributed by atoms with Gasteiger partial charge in [0.15, 0.2) is 0 Å². The summed E-state index contributed by atoms with van der Waals surface area (Å²) in [6.07, 6.45) is 3.56. The van der Waals surface area contributed by atoms with Crippen LogP contribution in [0.25, 0.3) is 0 Å². The average molecular weight is 254 g/mol. The van der Waals surface area contributed by atoms with Crippen LogP contribution in [-0.2, 0) is 4.79 Å². The van der Waals surface area contributed by atoms with Crippen molar-refractivity contribution in [3.63, 3.8) is 0 Å². The van der Waals surface area contributed by atoms with Gasteiger partial charge in [-0.3, -0.25) is 4.79 Å². The molecule has 0 saturated heterocycles. The highest BCUT2D eigenvalue weighted by Crippen LogP contribution is 2.11. The van der Waals surface area contributed by atoms with Crippen molar-refractivity contribution >= 4 is 41.6 Å². The van der Waals surface area contributed by atoms with Crippen molar-refractivity contribution in [3.8, 4) is 0 Å². The normalized spacial score (nSPS) is 16.3. The van der Waals surface area contributed by atoms with E-state index >= 15 is 0 Å². The van der Waals surface area contributed by atoms with E-state index in [1.807, 2.05) is 8.09 Å². The van der Waals surface area contributed by atoms with Gasteiger partial charge in [-0.25, -0.2) is 0 Å². The summed E-state index contributed by atoms with van der Waals surface area (Å²) in [5.74, 6) is 0. The Bertz CT molecular complexity index is 215. The lowest BCUT2D eigenvalue weighted by molar-refractivity contribution is -0.108. The molecule has 0 aromatic rings. The monoisotopic (exact) mass is 254 g/mol. The van der Waals surface area contributed by atoms with Gasteiger partial charge >= 0.3 is 0 Å². The highest BCUT2D eigenvalue weighted by atomic mass is 127. The van der Waals surface area contributed by atoms with Gasteiger partial charge in [0.25, 0.3) is 5.24 Å². The zero-order chi connectivity index (χ0) is 6.69. The SMILES string of the molecule is O=C(Cl)C1=CC=IC=C1. The first-order chi connectivity index (χ1) is 4.30. The minimum atomic E-state index is -0.369. The van der Waals surface area contributed by atoms with Crippen LogP contribution in [-0.4, -0.2) is 9.25 Å². The third kappa shape index (κ3) is 2.02. The van der Waals surface area contributed by atoms with E-state index in [9.17, 15) is 4.79 Å². The Morgan fingerprint density at radius 1 is 1.67 bits per heavy atom. The molecule has 0 saturated carbocycles. The summed E-state index contributed by atoms with van der Waals surface area (Å²) in [5, 5.41) is -0.369. The number of carbonyl (C=O) groups is 1. The van der Waals surface area contributed by atoms with Crippen molar-refractivity contribution in [1.82, 2.24) is 0 Å². The molecule has 1 nitrogen and oxygen atoms in total. The highest BCUT2D eigenvalue weighted by Gasteiger charge is 2.00. The topological polar surface area (TPSA) is 17.1 Å². The van der Waals surface area contributed by atoms with Crippen molar-refractivity contribution in [2.45, 2.75) is 0 Å². The standard InChI is InChI=1S/C6H4ClIO/c7-6(9)5-1-3-8-4-2-5/h1-4H. The predicted molar refractivity (Wildman–Crippen MR) is 48.2 cm³/mol. The quantitative estimate of drug-likeness (QED) is 0.516. The minimum Gasteiger partial charge on any atom is -0.276 e. The Labute approximate surface area is 68.1 Å². The number of hydrogen-bond donors (Lipinski definition) is 0. The fraction of sp³-hybridized carbons (Fsp3) is 0. The largest absolute Gasteiger partial charge is 0.276 e. The lowest BCUT2D eigenvalue weighted by atomic mass is 10.3. The third-order valence-corrected chi connectivity index (χ3v) is 2.63. The van der Waals surface area contributed by atoms with Crippen LogP contribution in [0.4, 0.5) is 0 Å².